The van der Waals surface area contributed by atoms with Gasteiger partial charge in [0.1, 0.15) is 5.75 Å². The Kier molecular flexibility index (Phi) is 4.68. The number of rotatable bonds is 5. The van der Waals surface area contributed by atoms with E-state index >= 15 is 0 Å². The fraction of sp³-hybridized carbons (Fsp3) is 0.417. The molecule has 0 fully saturated rings. The van der Waals surface area contributed by atoms with Crippen molar-refractivity contribution in [3.63, 3.8) is 0 Å². The molecule has 0 bridgehead atoms. The van der Waals surface area contributed by atoms with Crippen molar-refractivity contribution < 1.29 is 10.3 Å². The van der Waals surface area contributed by atoms with Crippen LogP contribution in [-0.2, 0) is 6.42 Å². The minimum absolute atomic E-state index is 0.145. The molecule has 15 heavy (non-hydrogen) atoms. The third-order valence-electron chi connectivity index (χ3n) is 2.36. The summed E-state index contributed by atoms with van der Waals surface area (Å²) in [5, 5.41) is 20.8. The molecule has 0 amide bonds. The molecule has 0 aliphatic rings. The van der Waals surface area contributed by atoms with Crippen LogP contribution in [0.4, 0.5) is 0 Å². The van der Waals surface area contributed by atoms with Crippen LogP contribution >= 0.6 is 0 Å². The average molecular weight is 207 g/mol. The summed E-state index contributed by atoms with van der Waals surface area (Å²) in [4.78, 5) is 0. The van der Waals surface area contributed by atoms with Crippen molar-refractivity contribution in [1.29, 1.82) is 0 Å². The van der Waals surface area contributed by atoms with E-state index in [9.17, 15) is 5.11 Å². The topological polar surface area (TPSA) is 52.8 Å². The predicted octanol–water partition coefficient (Wildman–Crippen LogP) is 2.93. The normalized spacial score (nSPS) is 11.0. The zero-order valence-corrected chi connectivity index (χ0v) is 8.98. The van der Waals surface area contributed by atoms with Crippen molar-refractivity contribution in [3.05, 3.63) is 29.3 Å². The molecule has 0 aromatic heterocycles. The number of hydrogen-bond acceptors (Lipinski definition) is 3. The second-order valence-corrected chi connectivity index (χ2v) is 3.59. The van der Waals surface area contributed by atoms with Gasteiger partial charge in [-0.15, -0.1) is 0 Å². The summed E-state index contributed by atoms with van der Waals surface area (Å²) in [5.41, 5.74) is 1.72. The molecule has 0 saturated carbocycles. The maximum atomic E-state index is 9.44. The third-order valence-corrected chi connectivity index (χ3v) is 2.36. The van der Waals surface area contributed by atoms with Crippen molar-refractivity contribution >= 4 is 6.21 Å². The Morgan fingerprint density at radius 1 is 1.33 bits per heavy atom. The first kappa shape index (κ1) is 11.6. The van der Waals surface area contributed by atoms with Crippen LogP contribution in [0.15, 0.2) is 23.4 Å². The molecular weight excluding hydrogens is 190 g/mol. The van der Waals surface area contributed by atoms with Crippen molar-refractivity contribution in [2.24, 2.45) is 5.16 Å². The number of oxime groups is 1. The highest BCUT2D eigenvalue weighted by Crippen LogP contribution is 2.18. The molecule has 1 aromatic carbocycles. The fourth-order valence-corrected chi connectivity index (χ4v) is 1.50. The van der Waals surface area contributed by atoms with Gasteiger partial charge in [0.25, 0.3) is 0 Å². The summed E-state index contributed by atoms with van der Waals surface area (Å²) in [5.74, 6) is 0.145. The Labute approximate surface area is 90.1 Å². The molecule has 3 nitrogen and oxygen atoms in total. The molecule has 1 rings (SSSR count). The first-order valence-electron chi connectivity index (χ1n) is 5.27. The average Bonchev–Trinajstić information content (AvgIpc) is 2.23. The van der Waals surface area contributed by atoms with E-state index in [-0.39, 0.29) is 5.75 Å². The molecule has 0 atom stereocenters. The number of phenolic OH excluding ortho intramolecular Hbond substituents is 1. The van der Waals surface area contributed by atoms with Gasteiger partial charge in [0.15, 0.2) is 0 Å². The lowest BCUT2D eigenvalue weighted by molar-refractivity contribution is 0.321. The van der Waals surface area contributed by atoms with Crippen molar-refractivity contribution in [2.75, 3.05) is 0 Å². The van der Waals surface area contributed by atoms with Crippen LogP contribution in [0.5, 0.6) is 5.75 Å². The zero-order chi connectivity index (χ0) is 11.1. The third kappa shape index (κ3) is 3.62. The van der Waals surface area contributed by atoms with Crippen molar-refractivity contribution in [1.82, 2.24) is 0 Å². The van der Waals surface area contributed by atoms with Gasteiger partial charge in [-0.1, -0.05) is 31.0 Å². The summed E-state index contributed by atoms with van der Waals surface area (Å²) in [6.07, 6.45) is 5.81. The van der Waals surface area contributed by atoms with Crippen molar-refractivity contribution in [2.45, 2.75) is 32.6 Å². The van der Waals surface area contributed by atoms with Gasteiger partial charge in [-0.25, -0.2) is 0 Å². The van der Waals surface area contributed by atoms with E-state index < -0.39 is 0 Å². The molecule has 0 heterocycles. The summed E-state index contributed by atoms with van der Waals surface area (Å²) in [7, 11) is 0. The van der Waals surface area contributed by atoms with Gasteiger partial charge in [-0.3, -0.25) is 0 Å². The Balaban J connectivity index is 2.69. The highest BCUT2D eigenvalue weighted by Gasteiger charge is 2.00. The second-order valence-electron chi connectivity index (χ2n) is 3.59. The van der Waals surface area contributed by atoms with Gasteiger partial charge < -0.3 is 10.3 Å². The van der Waals surface area contributed by atoms with E-state index in [1.165, 1.54) is 19.1 Å². The number of unbranched alkanes of at least 4 members (excludes halogenated alkanes) is 2. The molecule has 1 aromatic rings. The van der Waals surface area contributed by atoms with E-state index in [1.807, 2.05) is 12.1 Å². The van der Waals surface area contributed by atoms with Crippen LogP contribution < -0.4 is 0 Å². The standard InChI is InChI=1S/C12H17NO2/c1-2-3-4-5-10-6-7-12(14)11(8-10)9-13-15/h6-9,14-15H,2-5H2,1H3/b13-9+. The predicted molar refractivity (Wildman–Crippen MR) is 60.7 cm³/mol. The van der Waals surface area contributed by atoms with Gasteiger partial charge in [0, 0.05) is 5.56 Å². The first-order valence-corrected chi connectivity index (χ1v) is 5.27. The number of phenols is 1. The van der Waals surface area contributed by atoms with Crippen LogP contribution in [0.3, 0.4) is 0 Å². The van der Waals surface area contributed by atoms with E-state index in [2.05, 4.69) is 12.1 Å². The molecule has 0 unspecified atom stereocenters. The lowest BCUT2D eigenvalue weighted by Gasteiger charge is -2.03. The summed E-state index contributed by atoms with van der Waals surface area (Å²) >= 11 is 0. The number of hydrogen-bond donors (Lipinski definition) is 2. The quantitative estimate of drug-likeness (QED) is 0.337. The molecule has 0 aliphatic heterocycles. The van der Waals surface area contributed by atoms with Gasteiger partial charge >= 0.3 is 0 Å². The minimum atomic E-state index is 0.145. The SMILES string of the molecule is CCCCCc1ccc(O)c(/C=N/O)c1. The largest absolute Gasteiger partial charge is 0.507 e. The Morgan fingerprint density at radius 2 is 2.13 bits per heavy atom. The zero-order valence-electron chi connectivity index (χ0n) is 8.98. The van der Waals surface area contributed by atoms with Gasteiger partial charge in [-0.2, -0.15) is 0 Å². The Hall–Kier alpha value is -1.51. The van der Waals surface area contributed by atoms with Crippen LogP contribution in [0, 0.1) is 0 Å². The summed E-state index contributed by atoms with van der Waals surface area (Å²) < 4.78 is 0. The van der Waals surface area contributed by atoms with Gasteiger partial charge in [0.05, 0.1) is 6.21 Å². The second kappa shape index (κ2) is 6.06. The Bertz CT molecular complexity index is 334. The minimum Gasteiger partial charge on any atom is -0.507 e. The van der Waals surface area contributed by atoms with Crippen molar-refractivity contribution in [3.8, 4) is 5.75 Å². The van der Waals surface area contributed by atoms with Crippen LogP contribution in [0.25, 0.3) is 0 Å². The smallest absolute Gasteiger partial charge is 0.124 e. The highest BCUT2D eigenvalue weighted by molar-refractivity contribution is 5.83. The molecule has 0 spiro atoms. The maximum Gasteiger partial charge on any atom is 0.124 e. The van der Waals surface area contributed by atoms with Gasteiger partial charge in [0.2, 0.25) is 0 Å². The molecule has 2 N–H and O–H groups in total. The lowest BCUT2D eigenvalue weighted by Crippen LogP contribution is -1.89. The summed E-state index contributed by atoms with van der Waals surface area (Å²) in [6.45, 7) is 2.17. The first-order chi connectivity index (χ1) is 7.27. The number of nitrogens with zero attached hydrogens (tertiary/aromatic N) is 1. The number of aryl methyl sites for hydroxylation is 1. The lowest BCUT2D eigenvalue weighted by atomic mass is 10.0. The summed E-state index contributed by atoms with van der Waals surface area (Å²) in [6, 6.07) is 5.39. The molecule has 0 aliphatic carbocycles. The fourth-order valence-electron chi connectivity index (χ4n) is 1.50. The number of benzene rings is 1. The van der Waals surface area contributed by atoms with E-state index in [0.29, 0.717) is 5.56 Å². The van der Waals surface area contributed by atoms with Crippen LogP contribution in [0.2, 0.25) is 0 Å². The van der Waals surface area contributed by atoms with E-state index in [0.717, 1.165) is 18.4 Å². The molecule has 0 radical (unpaired) electrons. The Morgan fingerprint density at radius 3 is 2.80 bits per heavy atom. The maximum absolute atomic E-state index is 9.44. The van der Waals surface area contributed by atoms with Gasteiger partial charge in [-0.05, 0) is 30.5 Å². The number of aromatic hydroxyl groups is 1. The molecule has 82 valence electrons. The van der Waals surface area contributed by atoms with Crippen LogP contribution in [0.1, 0.15) is 37.3 Å². The van der Waals surface area contributed by atoms with E-state index in [1.54, 1.807) is 6.07 Å². The molecule has 0 saturated heterocycles. The van der Waals surface area contributed by atoms with E-state index in [4.69, 9.17) is 5.21 Å². The highest BCUT2D eigenvalue weighted by atomic mass is 16.4. The molecular formula is C12H17NO2. The van der Waals surface area contributed by atoms with Crippen LogP contribution in [-0.4, -0.2) is 16.5 Å². The monoisotopic (exact) mass is 207 g/mol. The molecule has 3 heteroatoms.